The van der Waals surface area contributed by atoms with E-state index in [1.54, 1.807) is 0 Å². The Bertz CT molecular complexity index is 350. The van der Waals surface area contributed by atoms with Crippen LogP contribution >= 0.6 is 15.9 Å². The van der Waals surface area contributed by atoms with E-state index in [4.69, 9.17) is 5.73 Å². The second-order valence-corrected chi connectivity index (χ2v) is 5.70. The van der Waals surface area contributed by atoms with Crippen LogP contribution in [0.2, 0.25) is 0 Å². The fourth-order valence-corrected chi connectivity index (χ4v) is 2.79. The summed E-state index contributed by atoms with van der Waals surface area (Å²) in [5, 5.41) is 0. The molecule has 1 aromatic rings. The van der Waals surface area contributed by atoms with Gasteiger partial charge in [0.1, 0.15) is 0 Å². The third kappa shape index (κ3) is 3.80. The van der Waals surface area contributed by atoms with E-state index < -0.39 is 0 Å². The smallest absolute Gasteiger partial charge is 0.0499 e. The van der Waals surface area contributed by atoms with Crippen LogP contribution in [0.4, 0.5) is 0 Å². The molecule has 1 aromatic carbocycles. The summed E-state index contributed by atoms with van der Waals surface area (Å²) in [5.41, 5.74) is 7.46. The van der Waals surface area contributed by atoms with Gasteiger partial charge in [-0.15, -0.1) is 0 Å². The van der Waals surface area contributed by atoms with Gasteiger partial charge in [-0.25, -0.2) is 0 Å². The summed E-state index contributed by atoms with van der Waals surface area (Å²) in [7, 11) is 0. The summed E-state index contributed by atoms with van der Waals surface area (Å²) >= 11 is 3.53. The number of rotatable bonds is 5. The lowest BCUT2D eigenvalue weighted by atomic mass is 9.98. The summed E-state index contributed by atoms with van der Waals surface area (Å²) in [6.07, 6.45) is 0. The number of nitrogens with two attached hydrogens (primary N) is 1. The van der Waals surface area contributed by atoms with E-state index in [1.165, 1.54) is 5.56 Å². The van der Waals surface area contributed by atoms with Crippen molar-refractivity contribution in [1.29, 1.82) is 0 Å². The third-order valence-corrected chi connectivity index (χ3v) is 3.57. The number of nitrogens with zero attached hydrogens (tertiary/aromatic N) is 1. The van der Waals surface area contributed by atoms with Crippen molar-refractivity contribution in [2.75, 3.05) is 6.54 Å². The Morgan fingerprint density at radius 3 is 2.35 bits per heavy atom. The molecule has 1 rings (SSSR count). The number of hydrogen-bond acceptors (Lipinski definition) is 2. The van der Waals surface area contributed by atoms with Gasteiger partial charge in [-0.1, -0.05) is 35.0 Å². The van der Waals surface area contributed by atoms with Crippen molar-refractivity contribution in [3.8, 4) is 0 Å². The van der Waals surface area contributed by atoms with Gasteiger partial charge in [0, 0.05) is 22.6 Å². The zero-order valence-corrected chi connectivity index (χ0v) is 12.7. The quantitative estimate of drug-likeness (QED) is 0.900. The molecule has 0 aliphatic carbocycles. The van der Waals surface area contributed by atoms with Crippen molar-refractivity contribution in [2.45, 2.75) is 45.8 Å². The summed E-state index contributed by atoms with van der Waals surface area (Å²) in [5.74, 6) is 0. The van der Waals surface area contributed by atoms with Gasteiger partial charge in [-0.2, -0.15) is 0 Å². The van der Waals surface area contributed by atoms with Crippen molar-refractivity contribution in [1.82, 2.24) is 4.90 Å². The predicted molar refractivity (Wildman–Crippen MR) is 78.0 cm³/mol. The van der Waals surface area contributed by atoms with Crippen LogP contribution in [-0.4, -0.2) is 23.5 Å². The maximum absolute atomic E-state index is 6.18. The van der Waals surface area contributed by atoms with Crippen LogP contribution < -0.4 is 5.73 Å². The molecular formula is C14H23BrN2. The molecule has 2 nitrogen and oxygen atoms in total. The van der Waals surface area contributed by atoms with Crippen molar-refractivity contribution < 1.29 is 0 Å². The molecule has 0 spiro atoms. The van der Waals surface area contributed by atoms with Crippen LogP contribution in [0.15, 0.2) is 28.7 Å². The van der Waals surface area contributed by atoms with E-state index in [-0.39, 0.29) is 12.1 Å². The highest BCUT2D eigenvalue weighted by Gasteiger charge is 2.24. The molecule has 0 saturated carbocycles. The standard InChI is InChI=1S/C14H23BrN2/c1-5-17(10(2)3)14(11(4)16)12-7-6-8-13(15)9-12/h6-11,14H,5,16H2,1-4H3. The van der Waals surface area contributed by atoms with Gasteiger partial charge in [0.25, 0.3) is 0 Å². The molecule has 0 heterocycles. The van der Waals surface area contributed by atoms with Gasteiger partial charge in [-0.3, -0.25) is 4.90 Å². The van der Waals surface area contributed by atoms with E-state index in [0.29, 0.717) is 6.04 Å². The highest BCUT2D eigenvalue weighted by molar-refractivity contribution is 9.10. The van der Waals surface area contributed by atoms with Gasteiger partial charge in [-0.05, 0) is 45.0 Å². The van der Waals surface area contributed by atoms with Gasteiger partial charge in [0.2, 0.25) is 0 Å². The maximum atomic E-state index is 6.18. The first kappa shape index (κ1) is 14.7. The maximum Gasteiger partial charge on any atom is 0.0499 e. The summed E-state index contributed by atoms with van der Waals surface area (Å²) in [4.78, 5) is 2.44. The highest BCUT2D eigenvalue weighted by Crippen LogP contribution is 2.27. The molecule has 0 aliphatic heterocycles. The Kier molecular flexibility index (Phi) is 5.63. The van der Waals surface area contributed by atoms with Crippen LogP contribution in [0, 0.1) is 0 Å². The lowest BCUT2D eigenvalue weighted by molar-refractivity contribution is 0.144. The van der Waals surface area contributed by atoms with Crippen LogP contribution in [-0.2, 0) is 0 Å². The summed E-state index contributed by atoms with van der Waals surface area (Å²) < 4.78 is 1.11. The lowest BCUT2D eigenvalue weighted by Crippen LogP contribution is -2.43. The van der Waals surface area contributed by atoms with Crippen molar-refractivity contribution in [2.24, 2.45) is 5.73 Å². The largest absolute Gasteiger partial charge is 0.326 e. The molecule has 2 atom stereocenters. The minimum Gasteiger partial charge on any atom is -0.326 e. The molecule has 0 aliphatic rings. The van der Waals surface area contributed by atoms with Crippen LogP contribution in [0.5, 0.6) is 0 Å². The molecule has 2 N–H and O–H groups in total. The van der Waals surface area contributed by atoms with Crippen molar-refractivity contribution >= 4 is 15.9 Å². The van der Waals surface area contributed by atoms with E-state index in [1.807, 2.05) is 6.07 Å². The molecule has 0 radical (unpaired) electrons. The monoisotopic (exact) mass is 298 g/mol. The Hall–Kier alpha value is -0.380. The number of benzene rings is 1. The fraction of sp³-hybridized carbons (Fsp3) is 0.571. The van der Waals surface area contributed by atoms with Gasteiger partial charge >= 0.3 is 0 Å². The molecule has 0 amide bonds. The zero-order valence-electron chi connectivity index (χ0n) is 11.2. The number of likely N-dealkylation sites (N-methyl/N-ethyl adjacent to an activating group) is 1. The topological polar surface area (TPSA) is 29.3 Å². The number of halogens is 1. The zero-order chi connectivity index (χ0) is 13.0. The first-order valence-electron chi connectivity index (χ1n) is 6.24. The Labute approximate surface area is 113 Å². The van der Waals surface area contributed by atoms with Crippen LogP contribution in [0.25, 0.3) is 0 Å². The van der Waals surface area contributed by atoms with Gasteiger partial charge in [0.05, 0.1) is 0 Å². The predicted octanol–water partition coefficient (Wildman–Crippen LogP) is 3.57. The molecule has 0 saturated heterocycles. The molecular weight excluding hydrogens is 276 g/mol. The molecule has 3 heteroatoms. The molecule has 0 fully saturated rings. The van der Waals surface area contributed by atoms with Crippen molar-refractivity contribution in [3.63, 3.8) is 0 Å². The Balaban J connectivity index is 3.08. The molecule has 2 unspecified atom stereocenters. The van der Waals surface area contributed by atoms with Crippen LogP contribution in [0.1, 0.15) is 39.3 Å². The number of hydrogen-bond donors (Lipinski definition) is 1. The van der Waals surface area contributed by atoms with Crippen LogP contribution in [0.3, 0.4) is 0 Å². The third-order valence-electron chi connectivity index (χ3n) is 3.07. The summed E-state index contributed by atoms with van der Waals surface area (Å²) in [6.45, 7) is 9.72. The Morgan fingerprint density at radius 1 is 1.29 bits per heavy atom. The van der Waals surface area contributed by atoms with E-state index >= 15 is 0 Å². The molecule has 17 heavy (non-hydrogen) atoms. The second-order valence-electron chi connectivity index (χ2n) is 4.78. The first-order chi connectivity index (χ1) is 7.97. The fourth-order valence-electron chi connectivity index (χ4n) is 2.37. The van der Waals surface area contributed by atoms with Gasteiger partial charge < -0.3 is 5.73 Å². The van der Waals surface area contributed by atoms with E-state index in [9.17, 15) is 0 Å². The molecule has 0 bridgehead atoms. The molecule has 0 aromatic heterocycles. The molecule has 96 valence electrons. The average molecular weight is 299 g/mol. The minimum atomic E-state index is 0.117. The second kappa shape index (κ2) is 6.53. The Morgan fingerprint density at radius 2 is 1.94 bits per heavy atom. The van der Waals surface area contributed by atoms with E-state index in [0.717, 1.165) is 11.0 Å². The average Bonchev–Trinajstić information content (AvgIpc) is 2.24. The minimum absolute atomic E-state index is 0.117. The summed E-state index contributed by atoms with van der Waals surface area (Å²) in [6, 6.07) is 9.33. The SMILES string of the molecule is CCN(C(C)C)C(c1cccc(Br)c1)C(C)N. The van der Waals surface area contributed by atoms with E-state index in [2.05, 4.69) is 66.7 Å². The highest BCUT2D eigenvalue weighted by atomic mass is 79.9. The van der Waals surface area contributed by atoms with Gasteiger partial charge in [0.15, 0.2) is 0 Å². The van der Waals surface area contributed by atoms with Crippen molar-refractivity contribution in [3.05, 3.63) is 34.3 Å². The first-order valence-corrected chi connectivity index (χ1v) is 7.03. The lowest BCUT2D eigenvalue weighted by Gasteiger charge is -2.37. The normalized spacial score (nSPS) is 15.3.